The summed E-state index contributed by atoms with van der Waals surface area (Å²) in [5.74, 6) is 0. The van der Waals surface area contributed by atoms with Gasteiger partial charge < -0.3 is 0 Å². The number of rotatable bonds is 1. The fourth-order valence-electron chi connectivity index (χ4n) is 1.41. The third-order valence-corrected chi connectivity index (χ3v) is 1.98. The van der Waals surface area contributed by atoms with Gasteiger partial charge >= 0.3 is 11.4 Å². The number of aryl methyl sites for hydroxylation is 1. The van der Waals surface area contributed by atoms with Crippen LogP contribution in [0.3, 0.4) is 0 Å². The van der Waals surface area contributed by atoms with Gasteiger partial charge in [-0.15, -0.1) is 0 Å². The summed E-state index contributed by atoms with van der Waals surface area (Å²) < 4.78 is 1.25. The summed E-state index contributed by atoms with van der Waals surface area (Å²) in [5, 5.41) is 0. The first kappa shape index (κ1) is 8.54. The quantitative estimate of drug-likeness (QED) is 0.529. The van der Waals surface area contributed by atoms with Gasteiger partial charge in [0.15, 0.2) is 5.52 Å². The van der Waals surface area contributed by atoms with Crippen molar-refractivity contribution in [2.75, 3.05) is 0 Å². The van der Waals surface area contributed by atoms with E-state index in [0.29, 0.717) is 6.54 Å². The SMILES string of the molecule is CCn1c(=O)[nH]c2[nH]c(=O)[nH]c(=O)c21. The summed E-state index contributed by atoms with van der Waals surface area (Å²) in [6.45, 7) is 2.10. The molecule has 2 aromatic rings. The van der Waals surface area contributed by atoms with Gasteiger partial charge in [0.1, 0.15) is 5.65 Å². The summed E-state index contributed by atoms with van der Waals surface area (Å²) in [4.78, 5) is 40.3. The minimum atomic E-state index is -0.632. The highest BCUT2D eigenvalue weighted by molar-refractivity contribution is 5.68. The molecule has 0 aliphatic rings. The zero-order valence-electron chi connectivity index (χ0n) is 7.38. The molecule has 0 aliphatic heterocycles. The second-order valence-corrected chi connectivity index (χ2v) is 2.81. The molecule has 0 bridgehead atoms. The van der Waals surface area contributed by atoms with Crippen molar-refractivity contribution in [3.8, 4) is 0 Å². The minimum absolute atomic E-state index is 0.158. The number of H-pyrrole nitrogens is 3. The van der Waals surface area contributed by atoms with E-state index in [-0.39, 0.29) is 11.2 Å². The van der Waals surface area contributed by atoms with Crippen LogP contribution in [0, 0.1) is 0 Å². The van der Waals surface area contributed by atoms with E-state index >= 15 is 0 Å². The molecule has 7 heteroatoms. The van der Waals surface area contributed by atoms with Crippen LogP contribution in [0.25, 0.3) is 11.2 Å². The van der Waals surface area contributed by atoms with Crippen LogP contribution in [-0.4, -0.2) is 19.5 Å². The Morgan fingerprint density at radius 2 is 1.86 bits per heavy atom. The fourth-order valence-corrected chi connectivity index (χ4v) is 1.41. The van der Waals surface area contributed by atoms with Crippen molar-refractivity contribution in [1.82, 2.24) is 19.5 Å². The lowest BCUT2D eigenvalue weighted by molar-refractivity contribution is 0.749. The van der Waals surface area contributed by atoms with Crippen LogP contribution in [0.15, 0.2) is 14.4 Å². The van der Waals surface area contributed by atoms with Crippen LogP contribution >= 0.6 is 0 Å². The van der Waals surface area contributed by atoms with Crippen LogP contribution in [0.5, 0.6) is 0 Å². The Kier molecular flexibility index (Phi) is 1.66. The maximum absolute atomic E-state index is 11.3. The van der Waals surface area contributed by atoms with Crippen molar-refractivity contribution in [2.24, 2.45) is 0 Å². The molecule has 0 spiro atoms. The van der Waals surface area contributed by atoms with Crippen molar-refractivity contribution >= 4 is 11.2 Å². The molecular weight excluding hydrogens is 188 g/mol. The van der Waals surface area contributed by atoms with E-state index in [1.165, 1.54) is 4.57 Å². The molecule has 3 N–H and O–H groups in total. The zero-order chi connectivity index (χ0) is 10.3. The van der Waals surface area contributed by atoms with Crippen LogP contribution < -0.4 is 16.9 Å². The molecule has 2 heterocycles. The highest BCUT2D eigenvalue weighted by Gasteiger charge is 2.09. The molecule has 0 fully saturated rings. The number of hydrogen-bond acceptors (Lipinski definition) is 3. The molecule has 74 valence electrons. The van der Waals surface area contributed by atoms with Gasteiger partial charge in [0.2, 0.25) is 0 Å². The van der Waals surface area contributed by atoms with E-state index in [0.717, 1.165) is 0 Å². The van der Waals surface area contributed by atoms with E-state index < -0.39 is 16.9 Å². The van der Waals surface area contributed by atoms with Crippen molar-refractivity contribution in [3.05, 3.63) is 31.3 Å². The largest absolute Gasteiger partial charge is 0.327 e. The highest BCUT2D eigenvalue weighted by Crippen LogP contribution is 1.96. The molecule has 0 amide bonds. The smallest absolute Gasteiger partial charge is 0.292 e. The second kappa shape index (κ2) is 2.72. The summed E-state index contributed by atoms with van der Waals surface area (Å²) in [6, 6.07) is 0. The van der Waals surface area contributed by atoms with Crippen molar-refractivity contribution in [1.29, 1.82) is 0 Å². The molecule has 7 nitrogen and oxygen atoms in total. The van der Waals surface area contributed by atoms with Crippen LogP contribution in [0.1, 0.15) is 6.92 Å². The lowest BCUT2D eigenvalue weighted by Crippen LogP contribution is -2.24. The second-order valence-electron chi connectivity index (χ2n) is 2.81. The molecular formula is C7H8N4O3. The molecule has 0 saturated heterocycles. The van der Waals surface area contributed by atoms with E-state index in [1.54, 1.807) is 6.92 Å². The number of aromatic amines is 3. The van der Waals surface area contributed by atoms with Gasteiger partial charge in [-0.05, 0) is 6.92 Å². The predicted molar refractivity (Wildman–Crippen MR) is 49.5 cm³/mol. The van der Waals surface area contributed by atoms with Gasteiger partial charge in [0, 0.05) is 6.54 Å². The molecule has 0 atom stereocenters. The number of imidazole rings is 1. The maximum atomic E-state index is 11.3. The number of hydrogen-bond donors (Lipinski definition) is 3. The standard InChI is InChI=1S/C7H8N4O3/c1-2-11-3-4(9-7(11)14)8-6(13)10-5(3)12/h2H2,1H3,(H3,8,9,10,12,13,14). The Morgan fingerprint density at radius 3 is 2.50 bits per heavy atom. The summed E-state index contributed by atoms with van der Waals surface area (Å²) in [6.07, 6.45) is 0. The monoisotopic (exact) mass is 196 g/mol. The normalized spacial score (nSPS) is 10.9. The van der Waals surface area contributed by atoms with Crippen molar-refractivity contribution < 1.29 is 0 Å². The molecule has 0 unspecified atom stereocenters. The Balaban J connectivity index is 3.11. The molecule has 0 aliphatic carbocycles. The zero-order valence-corrected chi connectivity index (χ0v) is 7.38. The number of fused-ring (bicyclic) bond motifs is 1. The van der Waals surface area contributed by atoms with E-state index in [2.05, 4.69) is 15.0 Å². The third kappa shape index (κ3) is 1.02. The first-order chi connectivity index (χ1) is 6.63. The van der Waals surface area contributed by atoms with Gasteiger partial charge in [0.05, 0.1) is 0 Å². The minimum Gasteiger partial charge on any atom is -0.292 e. The third-order valence-electron chi connectivity index (χ3n) is 1.98. The summed E-state index contributed by atoms with van der Waals surface area (Å²) >= 11 is 0. The maximum Gasteiger partial charge on any atom is 0.327 e. The van der Waals surface area contributed by atoms with Gasteiger partial charge in [-0.25, -0.2) is 9.59 Å². The fraction of sp³-hybridized carbons (Fsp3) is 0.286. The van der Waals surface area contributed by atoms with Crippen LogP contribution in [-0.2, 0) is 6.54 Å². The number of nitrogens with one attached hydrogen (secondary N) is 3. The Morgan fingerprint density at radius 1 is 1.14 bits per heavy atom. The summed E-state index contributed by atoms with van der Waals surface area (Å²) in [7, 11) is 0. The van der Waals surface area contributed by atoms with Crippen LogP contribution in [0.2, 0.25) is 0 Å². The first-order valence-corrected chi connectivity index (χ1v) is 4.08. The Labute approximate surface area is 76.4 Å². The van der Waals surface area contributed by atoms with E-state index in [4.69, 9.17) is 0 Å². The van der Waals surface area contributed by atoms with Gasteiger partial charge in [-0.2, -0.15) is 0 Å². The first-order valence-electron chi connectivity index (χ1n) is 4.08. The van der Waals surface area contributed by atoms with Crippen molar-refractivity contribution in [3.63, 3.8) is 0 Å². The topological polar surface area (TPSA) is 104 Å². The number of aromatic nitrogens is 4. The molecule has 0 radical (unpaired) electrons. The Hall–Kier alpha value is -2.05. The average Bonchev–Trinajstić information content (AvgIpc) is 2.40. The van der Waals surface area contributed by atoms with Gasteiger partial charge in [0.25, 0.3) is 5.56 Å². The van der Waals surface area contributed by atoms with Crippen molar-refractivity contribution in [2.45, 2.75) is 13.5 Å². The molecule has 0 aromatic carbocycles. The molecule has 0 saturated carbocycles. The molecule has 2 rings (SSSR count). The highest BCUT2D eigenvalue weighted by atomic mass is 16.2. The number of nitrogens with zero attached hydrogens (tertiary/aromatic N) is 1. The lowest BCUT2D eigenvalue weighted by atomic mass is 10.5. The van der Waals surface area contributed by atoms with Gasteiger partial charge in [-0.3, -0.25) is 24.3 Å². The van der Waals surface area contributed by atoms with E-state index in [9.17, 15) is 14.4 Å². The molecule has 2 aromatic heterocycles. The lowest BCUT2D eigenvalue weighted by Gasteiger charge is -1.94. The summed E-state index contributed by atoms with van der Waals surface area (Å²) in [5.41, 5.74) is -1.28. The Bertz CT molecular complexity index is 641. The van der Waals surface area contributed by atoms with Crippen LogP contribution in [0.4, 0.5) is 0 Å². The van der Waals surface area contributed by atoms with Gasteiger partial charge in [-0.1, -0.05) is 0 Å². The average molecular weight is 196 g/mol. The van der Waals surface area contributed by atoms with E-state index in [1.807, 2.05) is 0 Å². The molecule has 14 heavy (non-hydrogen) atoms. The predicted octanol–water partition coefficient (Wildman–Crippen LogP) is -1.27.